The fourth-order valence-corrected chi connectivity index (χ4v) is 1.51. The van der Waals surface area contributed by atoms with E-state index >= 15 is 0 Å². The minimum Gasteiger partial charge on any atom is -0.356 e. The fraction of sp³-hybridized carbons (Fsp3) is 0.833. The molecule has 2 aliphatic rings. The second-order valence-electron chi connectivity index (χ2n) is 3.73. The molecule has 0 saturated carbocycles. The van der Waals surface area contributed by atoms with Gasteiger partial charge in [-0.05, 0) is 19.3 Å². The number of nitrogens with zero attached hydrogens (tertiary/aromatic N) is 1. The summed E-state index contributed by atoms with van der Waals surface area (Å²) in [4.78, 5) is 22.6. The van der Waals surface area contributed by atoms with E-state index in [-0.39, 0.29) is 5.91 Å². The summed E-state index contributed by atoms with van der Waals surface area (Å²) in [5.74, 6) is 0.506. The Bertz CT molecular complexity index is 209. The largest absolute Gasteiger partial charge is 0.356 e. The number of hydrogen-bond donors (Lipinski definition) is 1. The smallest absolute Gasteiger partial charge is 0.222 e. The summed E-state index contributed by atoms with van der Waals surface area (Å²) in [7, 11) is 1.84. The fourth-order valence-electron chi connectivity index (χ4n) is 1.51. The van der Waals surface area contributed by atoms with Crippen molar-refractivity contribution in [2.75, 3.05) is 20.1 Å². The molecular weight excluding hydrogens is 204 g/mol. The lowest BCUT2D eigenvalue weighted by Gasteiger charge is -2.08. The van der Waals surface area contributed by atoms with E-state index < -0.39 is 0 Å². The van der Waals surface area contributed by atoms with Gasteiger partial charge in [-0.3, -0.25) is 9.59 Å². The van der Waals surface area contributed by atoms with Crippen molar-refractivity contribution < 1.29 is 9.59 Å². The molecule has 0 bridgehead atoms. The molecule has 0 unspecified atom stereocenters. The lowest BCUT2D eigenvalue weighted by Crippen LogP contribution is -2.28. The van der Waals surface area contributed by atoms with Crippen molar-refractivity contribution in [3.8, 4) is 0 Å². The first-order valence-electron chi connectivity index (χ1n) is 6.21. The maximum absolute atomic E-state index is 10.5. The van der Waals surface area contributed by atoms with Gasteiger partial charge >= 0.3 is 0 Å². The van der Waals surface area contributed by atoms with Crippen LogP contribution in [-0.2, 0) is 9.59 Å². The molecule has 0 aliphatic carbocycles. The molecule has 4 nitrogen and oxygen atoms in total. The number of carbonyl (C=O) groups is 2. The van der Waals surface area contributed by atoms with Crippen molar-refractivity contribution >= 4 is 11.8 Å². The van der Waals surface area contributed by atoms with E-state index in [1.54, 1.807) is 4.90 Å². The number of carbonyl (C=O) groups excluding carboxylic acids is 2. The first-order chi connectivity index (χ1) is 7.70. The maximum atomic E-state index is 10.5. The molecule has 16 heavy (non-hydrogen) atoms. The Morgan fingerprint density at radius 2 is 1.75 bits per heavy atom. The van der Waals surface area contributed by atoms with Crippen LogP contribution in [0.3, 0.4) is 0 Å². The molecule has 1 N–H and O–H groups in total. The van der Waals surface area contributed by atoms with Crippen LogP contribution in [0.5, 0.6) is 0 Å². The molecule has 2 saturated heterocycles. The third-order valence-corrected chi connectivity index (χ3v) is 2.46. The van der Waals surface area contributed by atoms with Gasteiger partial charge in [0.1, 0.15) is 0 Å². The van der Waals surface area contributed by atoms with E-state index in [0.29, 0.717) is 5.91 Å². The highest BCUT2D eigenvalue weighted by molar-refractivity contribution is 5.77. The van der Waals surface area contributed by atoms with Gasteiger partial charge in [-0.1, -0.05) is 13.8 Å². The van der Waals surface area contributed by atoms with Crippen LogP contribution in [0.15, 0.2) is 0 Å². The lowest BCUT2D eigenvalue weighted by atomic mass is 10.2. The zero-order valence-electron chi connectivity index (χ0n) is 10.7. The Labute approximate surface area is 98.4 Å². The molecule has 0 aromatic heterocycles. The van der Waals surface area contributed by atoms with Gasteiger partial charge in [0.15, 0.2) is 0 Å². The maximum Gasteiger partial charge on any atom is 0.222 e. The molecule has 0 radical (unpaired) electrons. The van der Waals surface area contributed by atoms with Gasteiger partial charge < -0.3 is 10.2 Å². The van der Waals surface area contributed by atoms with Gasteiger partial charge in [0.25, 0.3) is 0 Å². The van der Waals surface area contributed by atoms with E-state index in [4.69, 9.17) is 0 Å². The number of piperidine rings is 1. The summed E-state index contributed by atoms with van der Waals surface area (Å²) >= 11 is 0. The highest BCUT2D eigenvalue weighted by atomic mass is 16.2. The lowest BCUT2D eigenvalue weighted by molar-refractivity contribution is -0.126. The molecule has 4 heteroatoms. The van der Waals surface area contributed by atoms with Crippen LogP contribution in [0.4, 0.5) is 0 Å². The molecule has 0 aromatic carbocycles. The average Bonchev–Trinajstić information content (AvgIpc) is 2.68. The minimum absolute atomic E-state index is 0.214. The Hall–Kier alpha value is -1.06. The van der Waals surface area contributed by atoms with Crippen LogP contribution in [0.25, 0.3) is 0 Å². The first-order valence-corrected chi connectivity index (χ1v) is 6.21. The van der Waals surface area contributed by atoms with E-state index in [1.165, 1.54) is 0 Å². The van der Waals surface area contributed by atoms with Crippen molar-refractivity contribution in [3.05, 3.63) is 0 Å². The van der Waals surface area contributed by atoms with Crippen molar-refractivity contribution in [3.63, 3.8) is 0 Å². The monoisotopic (exact) mass is 228 g/mol. The van der Waals surface area contributed by atoms with E-state index in [9.17, 15) is 9.59 Å². The molecule has 0 atom stereocenters. The summed E-state index contributed by atoms with van der Waals surface area (Å²) in [6.45, 7) is 5.84. The van der Waals surface area contributed by atoms with Gasteiger partial charge in [0.05, 0.1) is 0 Å². The minimum atomic E-state index is 0.214. The third kappa shape index (κ3) is 6.43. The number of rotatable bonds is 0. The predicted molar refractivity (Wildman–Crippen MR) is 65.1 cm³/mol. The number of nitrogens with one attached hydrogen (secondary N) is 1. The van der Waals surface area contributed by atoms with Gasteiger partial charge in [-0.2, -0.15) is 0 Å². The van der Waals surface area contributed by atoms with Gasteiger partial charge in [0.2, 0.25) is 11.8 Å². The summed E-state index contributed by atoms with van der Waals surface area (Å²) in [6, 6.07) is 0. The molecule has 2 amide bonds. The molecular formula is C12H24N2O2. The predicted octanol–water partition coefficient (Wildman–Crippen LogP) is 1.55. The molecule has 2 rings (SSSR count). The highest BCUT2D eigenvalue weighted by Crippen LogP contribution is 2.04. The Balaban J connectivity index is 0.000000244. The van der Waals surface area contributed by atoms with Crippen molar-refractivity contribution in [2.45, 2.75) is 46.0 Å². The summed E-state index contributed by atoms with van der Waals surface area (Å²) in [6.07, 6.45) is 4.78. The van der Waals surface area contributed by atoms with E-state index in [0.717, 1.165) is 45.2 Å². The Morgan fingerprint density at radius 1 is 1.06 bits per heavy atom. The molecule has 0 aromatic rings. The molecule has 2 heterocycles. The third-order valence-electron chi connectivity index (χ3n) is 2.46. The molecule has 0 spiro atoms. The zero-order chi connectivity index (χ0) is 12.4. The first kappa shape index (κ1) is 14.9. The Kier molecular flexibility index (Phi) is 8.58. The Morgan fingerprint density at radius 3 is 1.94 bits per heavy atom. The van der Waals surface area contributed by atoms with Crippen molar-refractivity contribution in [1.29, 1.82) is 0 Å². The number of likely N-dealkylation sites (tertiary alicyclic amines) is 1. The molecule has 94 valence electrons. The van der Waals surface area contributed by atoms with E-state index in [1.807, 2.05) is 20.9 Å². The number of amides is 2. The van der Waals surface area contributed by atoms with Crippen molar-refractivity contribution in [1.82, 2.24) is 10.2 Å². The molecule has 2 fully saturated rings. The van der Waals surface area contributed by atoms with Crippen LogP contribution in [0, 0.1) is 0 Å². The second-order valence-corrected chi connectivity index (χ2v) is 3.73. The topological polar surface area (TPSA) is 49.4 Å². The standard InChI is InChI=1S/2C5H9NO.C2H6/c1-6-4-2-3-5(6)7;7-5-3-1-2-4-6-5;1-2/h2-4H2,1H3;1-4H2,(H,6,7);1-2H3. The molecule has 2 aliphatic heterocycles. The van der Waals surface area contributed by atoms with Crippen LogP contribution >= 0.6 is 0 Å². The van der Waals surface area contributed by atoms with Crippen LogP contribution in [-0.4, -0.2) is 36.9 Å². The average molecular weight is 228 g/mol. The second kappa shape index (κ2) is 9.19. The zero-order valence-corrected chi connectivity index (χ0v) is 10.7. The van der Waals surface area contributed by atoms with E-state index in [2.05, 4.69) is 5.32 Å². The van der Waals surface area contributed by atoms with Gasteiger partial charge in [-0.15, -0.1) is 0 Å². The van der Waals surface area contributed by atoms with Gasteiger partial charge in [-0.25, -0.2) is 0 Å². The highest BCUT2D eigenvalue weighted by Gasteiger charge is 2.14. The number of hydrogen-bond acceptors (Lipinski definition) is 2. The van der Waals surface area contributed by atoms with Crippen molar-refractivity contribution in [2.24, 2.45) is 0 Å². The summed E-state index contributed by atoms with van der Waals surface area (Å²) in [5, 5.41) is 2.74. The SMILES string of the molecule is CC.CN1CCCC1=O.O=C1CCCCN1. The summed E-state index contributed by atoms with van der Waals surface area (Å²) in [5.41, 5.74) is 0. The van der Waals surface area contributed by atoms with Crippen LogP contribution < -0.4 is 5.32 Å². The summed E-state index contributed by atoms with van der Waals surface area (Å²) < 4.78 is 0. The normalized spacial score (nSPS) is 19.1. The van der Waals surface area contributed by atoms with Gasteiger partial charge in [0, 0.05) is 33.0 Å². The quantitative estimate of drug-likeness (QED) is 0.684. The van der Waals surface area contributed by atoms with Crippen LogP contribution in [0.1, 0.15) is 46.0 Å². The van der Waals surface area contributed by atoms with Crippen LogP contribution in [0.2, 0.25) is 0 Å².